The van der Waals surface area contributed by atoms with Gasteiger partial charge in [-0.15, -0.1) is 0 Å². The molecule has 7 heteroatoms. The zero-order valence-corrected chi connectivity index (χ0v) is 20.0. The van der Waals surface area contributed by atoms with Crippen LogP contribution in [0.2, 0.25) is 0 Å². The van der Waals surface area contributed by atoms with Gasteiger partial charge < -0.3 is 14.4 Å². The summed E-state index contributed by atoms with van der Waals surface area (Å²) < 4.78 is 13.3. The molecule has 5 rings (SSSR count). The Labute approximate surface area is 205 Å². The third-order valence-electron chi connectivity index (χ3n) is 6.68. The Hall–Kier alpha value is -3.87. The molecule has 0 radical (unpaired) electrons. The summed E-state index contributed by atoms with van der Waals surface area (Å²) in [5.74, 6) is 1.73. The topological polar surface area (TPSA) is 69.0 Å². The number of hydrogen-bond donors (Lipinski definition) is 0. The summed E-state index contributed by atoms with van der Waals surface area (Å²) in [5.41, 5.74) is 3.94. The zero-order valence-electron chi connectivity index (χ0n) is 20.0. The Balaban J connectivity index is 1.22. The molecule has 0 spiro atoms. The van der Waals surface area contributed by atoms with E-state index in [4.69, 9.17) is 9.47 Å². The van der Waals surface area contributed by atoms with E-state index in [9.17, 15) is 4.79 Å². The van der Waals surface area contributed by atoms with Gasteiger partial charge in [-0.2, -0.15) is 5.10 Å². The van der Waals surface area contributed by atoms with Gasteiger partial charge in [0.2, 0.25) is 0 Å². The molecule has 1 fully saturated rings. The SMILES string of the molecule is COc1cc(C(=O)N2CCCC(Cc3cccn4nccc34)CC2)ccc1OCc1ccccn1. The molecule has 35 heavy (non-hydrogen) atoms. The number of ether oxygens (including phenoxy) is 2. The lowest BCUT2D eigenvalue weighted by atomic mass is 9.92. The Morgan fingerprint density at radius 3 is 2.83 bits per heavy atom. The fraction of sp³-hybridized carbons (Fsp3) is 0.321. The van der Waals surface area contributed by atoms with Crippen molar-refractivity contribution in [2.45, 2.75) is 32.3 Å². The molecule has 1 amide bonds. The minimum absolute atomic E-state index is 0.0399. The third kappa shape index (κ3) is 5.29. The van der Waals surface area contributed by atoms with Crippen LogP contribution in [0.3, 0.4) is 0 Å². The lowest BCUT2D eigenvalue weighted by molar-refractivity contribution is 0.0759. The minimum atomic E-state index is 0.0399. The van der Waals surface area contributed by atoms with E-state index in [1.807, 2.05) is 52.1 Å². The van der Waals surface area contributed by atoms with E-state index in [0.29, 0.717) is 29.6 Å². The van der Waals surface area contributed by atoms with Crippen LogP contribution in [0.15, 0.2) is 73.2 Å². The molecule has 0 bridgehead atoms. The van der Waals surface area contributed by atoms with Crippen molar-refractivity contribution >= 4 is 11.4 Å². The lowest BCUT2D eigenvalue weighted by Crippen LogP contribution is -2.32. The summed E-state index contributed by atoms with van der Waals surface area (Å²) in [6, 6.07) is 17.4. The lowest BCUT2D eigenvalue weighted by Gasteiger charge is -2.21. The van der Waals surface area contributed by atoms with Crippen LogP contribution in [-0.2, 0) is 13.0 Å². The van der Waals surface area contributed by atoms with E-state index in [0.717, 1.165) is 44.5 Å². The number of pyridine rings is 2. The molecule has 180 valence electrons. The summed E-state index contributed by atoms with van der Waals surface area (Å²) >= 11 is 0. The molecule has 1 atom stereocenters. The summed E-state index contributed by atoms with van der Waals surface area (Å²) in [6.45, 7) is 1.86. The number of hydrogen-bond acceptors (Lipinski definition) is 5. The highest BCUT2D eigenvalue weighted by molar-refractivity contribution is 5.95. The minimum Gasteiger partial charge on any atom is -0.493 e. The molecule has 3 aromatic heterocycles. The number of carbonyl (C=O) groups excluding carboxylic acids is 1. The molecule has 7 nitrogen and oxygen atoms in total. The number of rotatable bonds is 7. The van der Waals surface area contributed by atoms with Gasteiger partial charge in [0.15, 0.2) is 11.5 Å². The van der Waals surface area contributed by atoms with Crippen LogP contribution in [0.1, 0.15) is 40.9 Å². The maximum absolute atomic E-state index is 13.3. The number of fused-ring (bicyclic) bond motifs is 1. The molecular formula is C28H30N4O3. The van der Waals surface area contributed by atoms with Gasteiger partial charge in [0, 0.05) is 37.2 Å². The first-order valence-electron chi connectivity index (χ1n) is 12.1. The number of nitrogens with zero attached hydrogens (tertiary/aromatic N) is 4. The predicted molar refractivity (Wildman–Crippen MR) is 134 cm³/mol. The summed E-state index contributed by atoms with van der Waals surface area (Å²) in [5, 5.41) is 4.35. The molecule has 4 heterocycles. The quantitative estimate of drug-likeness (QED) is 0.388. The number of benzene rings is 1. The fourth-order valence-corrected chi connectivity index (χ4v) is 4.81. The van der Waals surface area contributed by atoms with Crippen LogP contribution in [0.4, 0.5) is 0 Å². The van der Waals surface area contributed by atoms with Crippen molar-refractivity contribution in [3.05, 3.63) is 90.0 Å². The second-order valence-corrected chi connectivity index (χ2v) is 8.96. The van der Waals surface area contributed by atoms with Gasteiger partial charge in [-0.25, -0.2) is 4.52 Å². The second kappa shape index (κ2) is 10.6. The fourth-order valence-electron chi connectivity index (χ4n) is 4.81. The van der Waals surface area contributed by atoms with E-state index in [1.165, 1.54) is 11.1 Å². The molecule has 1 saturated heterocycles. The Kier molecular flexibility index (Phi) is 6.93. The Bertz CT molecular complexity index is 1290. The first kappa shape index (κ1) is 22.9. The molecule has 1 aliphatic heterocycles. The normalized spacial score (nSPS) is 16.1. The second-order valence-electron chi connectivity index (χ2n) is 8.96. The van der Waals surface area contributed by atoms with Gasteiger partial charge in [-0.3, -0.25) is 9.78 Å². The van der Waals surface area contributed by atoms with Gasteiger partial charge in [-0.05, 0) is 79.6 Å². The number of methoxy groups -OCH3 is 1. The van der Waals surface area contributed by atoms with E-state index >= 15 is 0 Å². The average Bonchev–Trinajstić information content (AvgIpc) is 3.27. The standard InChI is InChI=1S/C28H30N4O3/c1-34-27-19-23(9-10-26(27)35-20-24-8-2-3-13-29-24)28(33)31-15-4-6-21(12-17-31)18-22-7-5-16-32-25(22)11-14-30-32/h2-3,5,7-11,13-14,16,19,21H,4,6,12,15,17-18,20H2,1H3. The van der Waals surface area contributed by atoms with Crippen LogP contribution >= 0.6 is 0 Å². The van der Waals surface area contributed by atoms with Crippen LogP contribution in [0.25, 0.3) is 5.52 Å². The van der Waals surface area contributed by atoms with Crippen molar-refractivity contribution in [3.63, 3.8) is 0 Å². The number of amides is 1. The third-order valence-corrected chi connectivity index (χ3v) is 6.68. The van der Waals surface area contributed by atoms with E-state index in [-0.39, 0.29) is 5.91 Å². The zero-order chi connectivity index (χ0) is 24.0. The van der Waals surface area contributed by atoms with Gasteiger partial charge in [0.1, 0.15) is 6.61 Å². The first-order chi connectivity index (χ1) is 17.2. The average molecular weight is 471 g/mol. The van der Waals surface area contributed by atoms with Crippen molar-refractivity contribution in [1.29, 1.82) is 0 Å². The van der Waals surface area contributed by atoms with Crippen LogP contribution < -0.4 is 9.47 Å². The molecule has 4 aromatic rings. The maximum Gasteiger partial charge on any atom is 0.253 e. The highest BCUT2D eigenvalue weighted by Crippen LogP contribution is 2.30. The van der Waals surface area contributed by atoms with Gasteiger partial charge >= 0.3 is 0 Å². The molecule has 1 aromatic carbocycles. The van der Waals surface area contributed by atoms with Crippen molar-refractivity contribution in [2.24, 2.45) is 5.92 Å². The monoisotopic (exact) mass is 470 g/mol. The number of aromatic nitrogens is 3. The number of likely N-dealkylation sites (tertiary alicyclic amines) is 1. The van der Waals surface area contributed by atoms with Crippen molar-refractivity contribution in [2.75, 3.05) is 20.2 Å². The van der Waals surface area contributed by atoms with Gasteiger partial charge in [0.05, 0.1) is 18.3 Å². The Morgan fingerprint density at radius 1 is 1.03 bits per heavy atom. The van der Waals surface area contributed by atoms with Crippen molar-refractivity contribution in [1.82, 2.24) is 19.5 Å². The maximum atomic E-state index is 13.3. The molecule has 1 unspecified atom stereocenters. The molecular weight excluding hydrogens is 440 g/mol. The summed E-state index contributed by atoms with van der Waals surface area (Å²) in [7, 11) is 1.59. The predicted octanol–water partition coefficient (Wildman–Crippen LogP) is 4.80. The van der Waals surface area contributed by atoms with E-state index < -0.39 is 0 Å². The molecule has 1 aliphatic rings. The Morgan fingerprint density at radius 2 is 1.97 bits per heavy atom. The molecule has 0 N–H and O–H groups in total. The first-order valence-corrected chi connectivity index (χ1v) is 12.1. The smallest absolute Gasteiger partial charge is 0.253 e. The molecule has 0 saturated carbocycles. The number of carbonyl (C=O) groups is 1. The largest absolute Gasteiger partial charge is 0.493 e. The van der Waals surface area contributed by atoms with Crippen LogP contribution in [0.5, 0.6) is 11.5 Å². The van der Waals surface area contributed by atoms with Crippen LogP contribution in [-0.4, -0.2) is 45.6 Å². The molecule has 0 aliphatic carbocycles. The van der Waals surface area contributed by atoms with Gasteiger partial charge in [0.25, 0.3) is 5.91 Å². The van der Waals surface area contributed by atoms with Crippen LogP contribution in [0, 0.1) is 5.92 Å². The highest BCUT2D eigenvalue weighted by atomic mass is 16.5. The van der Waals surface area contributed by atoms with Crippen molar-refractivity contribution < 1.29 is 14.3 Å². The van der Waals surface area contributed by atoms with Gasteiger partial charge in [-0.1, -0.05) is 12.1 Å². The highest BCUT2D eigenvalue weighted by Gasteiger charge is 2.23. The summed E-state index contributed by atoms with van der Waals surface area (Å²) in [4.78, 5) is 19.6. The van der Waals surface area contributed by atoms with E-state index in [1.54, 1.807) is 19.4 Å². The van der Waals surface area contributed by atoms with E-state index in [2.05, 4.69) is 28.3 Å². The summed E-state index contributed by atoms with van der Waals surface area (Å²) in [6.07, 6.45) is 9.67. The van der Waals surface area contributed by atoms with Crippen molar-refractivity contribution in [3.8, 4) is 11.5 Å².